The molecular formula is C19H33N3O3. The zero-order chi connectivity index (χ0) is 18.3. The molecule has 0 amide bonds. The molecule has 0 fully saturated rings. The number of nitrogens with one attached hydrogen (secondary N) is 2. The Morgan fingerprint density at radius 3 is 2.72 bits per heavy atom. The third-order valence-electron chi connectivity index (χ3n) is 3.29. The first-order chi connectivity index (χ1) is 12.2. The largest absolute Gasteiger partial charge is 0.493 e. The van der Waals surface area contributed by atoms with E-state index in [1.807, 2.05) is 24.3 Å². The maximum Gasteiger partial charge on any atom is 0.195 e. The van der Waals surface area contributed by atoms with Crippen LogP contribution in [0.3, 0.4) is 0 Å². The minimum absolute atomic E-state index is 0.575. The third kappa shape index (κ3) is 10.6. The van der Waals surface area contributed by atoms with Gasteiger partial charge in [-0.2, -0.15) is 0 Å². The van der Waals surface area contributed by atoms with Crippen molar-refractivity contribution in [3.8, 4) is 5.75 Å². The molecule has 25 heavy (non-hydrogen) atoms. The first kappa shape index (κ1) is 21.3. The topological polar surface area (TPSA) is 64.1 Å². The van der Waals surface area contributed by atoms with E-state index in [4.69, 9.17) is 14.2 Å². The average molecular weight is 351 g/mol. The zero-order valence-electron chi connectivity index (χ0n) is 16.0. The van der Waals surface area contributed by atoms with Gasteiger partial charge in [0.25, 0.3) is 0 Å². The van der Waals surface area contributed by atoms with Crippen LogP contribution in [0.2, 0.25) is 0 Å². The van der Waals surface area contributed by atoms with E-state index in [-0.39, 0.29) is 0 Å². The molecule has 0 aliphatic carbocycles. The van der Waals surface area contributed by atoms with Crippen molar-refractivity contribution < 1.29 is 14.2 Å². The van der Waals surface area contributed by atoms with Crippen molar-refractivity contribution in [2.24, 2.45) is 10.9 Å². The van der Waals surface area contributed by atoms with Crippen LogP contribution in [-0.2, 0) is 9.47 Å². The van der Waals surface area contributed by atoms with Crippen molar-refractivity contribution >= 4 is 11.6 Å². The Bertz CT molecular complexity index is 493. The molecule has 0 aromatic heterocycles. The number of hydrogen-bond donors (Lipinski definition) is 2. The molecule has 0 aliphatic heterocycles. The molecule has 1 rings (SSSR count). The van der Waals surface area contributed by atoms with E-state index in [1.165, 1.54) is 0 Å². The number of hydrogen-bond acceptors (Lipinski definition) is 4. The molecule has 0 saturated heterocycles. The van der Waals surface area contributed by atoms with Crippen molar-refractivity contribution in [2.75, 3.05) is 52.4 Å². The molecule has 0 saturated carbocycles. The van der Waals surface area contributed by atoms with Gasteiger partial charge in [0.2, 0.25) is 0 Å². The van der Waals surface area contributed by atoms with Crippen molar-refractivity contribution in [1.82, 2.24) is 5.32 Å². The lowest BCUT2D eigenvalue weighted by Gasteiger charge is -2.13. The van der Waals surface area contributed by atoms with Gasteiger partial charge in [-0.05, 0) is 24.5 Å². The molecule has 0 aliphatic rings. The summed E-state index contributed by atoms with van der Waals surface area (Å²) < 4.78 is 16.3. The standard InChI is InChI=1S/C19H33N3O3/c1-16(2)15-24-12-6-10-21-19(20-3)22-17-8-5-9-18(14-17)25-13-7-11-23-4/h5,8-9,14,16H,6-7,10-13,15H2,1-4H3,(H2,20,21,22). The number of nitrogens with zero attached hydrogens (tertiary/aromatic N) is 1. The van der Waals surface area contributed by atoms with Crippen molar-refractivity contribution in [1.29, 1.82) is 0 Å². The molecule has 1 aromatic carbocycles. The summed E-state index contributed by atoms with van der Waals surface area (Å²) in [5.41, 5.74) is 0.938. The van der Waals surface area contributed by atoms with Gasteiger partial charge < -0.3 is 24.8 Å². The van der Waals surface area contributed by atoms with Gasteiger partial charge >= 0.3 is 0 Å². The van der Waals surface area contributed by atoms with Crippen molar-refractivity contribution in [2.45, 2.75) is 26.7 Å². The Kier molecular flexibility index (Phi) is 11.5. The molecule has 1 aromatic rings. The number of methoxy groups -OCH3 is 1. The maximum absolute atomic E-state index is 5.71. The third-order valence-corrected chi connectivity index (χ3v) is 3.29. The van der Waals surface area contributed by atoms with Crippen LogP contribution in [0.15, 0.2) is 29.3 Å². The second-order valence-electron chi connectivity index (χ2n) is 6.17. The fourth-order valence-electron chi connectivity index (χ4n) is 2.07. The quantitative estimate of drug-likeness (QED) is 0.344. The number of guanidine groups is 1. The summed E-state index contributed by atoms with van der Waals surface area (Å²) in [6.07, 6.45) is 1.81. The molecule has 2 N–H and O–H groups in total. The lowest BCUT2D eigenvalue weighted by atomic mass is 10.2. The van der Waals surface area contributed by atoms with Gasteiger partial charge in [0.05, 0.1) is 6.61 Å². The van der Waals surface area contributed by atoms with E-state index in [0.717, 1.165) is 50.0 Å². The predicted molar refractivity (Wildman–Crippen MR) is 104 cm³/mol. The van der Waals surface area contributed by atoms with Gasteiger partial charge in [-0.15, -0.1) is 0 Å². The second kappa shape index (κ2) is 13.5. The van der Waals surface area contributed by atoms with Gasteiger partial charge in [0, 0.05) is 58.7 Å². The number of aliphatic imine (C=N–C) groups is 1. The molecular weight excluding hydrogens is 318 g/mol. The van der Waals surface area contributed by atoms with Crippen LogP contribution in [0.1, 0.15) is 26.7 Å². The highest BCUT2D eigenvalue weighted by molar-refractivity contribution is 5.93. The van der Waals surface area contributed by atoms with Crippen LogP contribution in [-0.4, -0.2) is 53.1 Å². The van der Waals surface area contributed by atoms with Crippen LogP contribution < -0.4 is 15.4 Å². The highest BCUT2D eigenvalue weighted by Crippen LogP contribution is 2.17. The Hall–Kier alpha value is -1.79. The number of benzene rings is 1. The zero-order valence-corrected chi connectivity index (χ0v) is 16.0. The first-order valence-corrected chi connectivity index (χ1v) is 8.93. The maximum atomic E-state index is 5.71. The molecule has 0 radical (unpaired) electrons. The number of rotatable bonds is 12. The van der Waals surface area contributed by atoms with Crippen LogP contribution in [0.4, 0.5) is 5.69 Å². The van der Waals surface area contributed by atoms with E-state index in [9.17, 15) is 0 Å². The summed E-state index contributed by atoms with van der Waals surface area (Å²) >= 11 is 0. The van der Waals surface area contributed by atoms with Crippen LogP contribution >= 0.6 is 0 Å². The summed E-state index contributed by atoms with van der Waals surface area (Å²) in [4.78, 5) is 4.24. The van der Waals surface area contributed by atoms with Crippen molar-refractivity contribution in [3.05, 3.63) is 24.3 Å². The monoisotopic (exact) mass is 351 g/mol. The smallest absolute Gasteiger partial charge is 0.195 e. The fourth-order valence-corrected chi connectivity index (χ4v) is 2.07. The van der Waals surface area contributed by atoms with Gasteiger partial charge in [0.15, 0.2) is 5.96 Å². The van der Waals surface area contributed by atoms with Gasteiger partial charge in [-0.3, -0.25) is 4.99 Å². The molecule has 0 heterocycles. The molecule has 0 bridgehead atoms. The summed E-state index contributed by atoms with van der Waals surface area (Å²) in [5, 5.41) is 6.56. The minimum Gasteiger partial charge on any atom is -0.493 e. The molecule has 0 spiro atoms. The lowest BCUT2D eigenvalue weighted by Crippen LogP contribution is -2.32. The predicted octanol–water partition coefficient (Wildman–Crippen LogP) is 3.15. The SMILES string of the molecule is CN=C(NCCCOCC(C)C)Nc1cccc(OCCCOC)c1. The normalized spacial score (nSPS) is 11.6. The Labute approximate surface area is 152 Å². The van der Waals surface area contributed by atoms with Crippen LogP contribution in [0.5, 0.6) is 5.75 Å². The van der Waals surface area contributed by atoms with E-state index in [0.29, 0.717) is 19.1 Å². The number of ether oxygens (including phenoxy) is 3. The molecule has 6 nitrogen and oxygen atoms in total. The van der Waals surface area contributed by atoms with Gasteiger partial charge in [0.1, 0.15) is 5.75 Å². The highest BCUT2D eigenvalue weighted by atomic mass is 16.5. The summed E-state index contributed by atoms with van der Waals surface area (Å²) in [7, 11) is 3.45. The second-order valence-corrected chi connectivity index (χ2v) is 6.17. The molecule has 0 atom stereocenters. The summed E-state index contributed by atoms with van der Waals surface area (Å²) in [6, 6.07) is 7.85. The summed E-state index contributed by atoms with van der Waals surface area (Å²) in [6.45, 7) is 8.02. The lowest BCUT2D eigenvalue weighted by molar-refractivity contribution is 0.108. The van der Waals surface area contributed by atoms with Gasteiger partial charge in [-0.25, -0.2) is 0 Å². The minimum atomic E-state index is 0.575. The van der Waals surface area contributed by atoms with Crippen molar-refractivity contribution in [3.63, 3.8) is 0 Å². The Morgan fingerprint density at radius 2 is 2.00 bits per heavy atom. The molecule has 142 valence electrons. The highest BCUT2D eigenvalue weighted by Gasteiger charge is 2.01. The Morgan fingerprint density at radius 1 is 1.16 bits per heavy atom. The fraction of sp³-hybridized carbons (Fsp3) is 0.632. The van der Waals surface area contributed by atoms with E-state index < -0.39 is 0 Å². The Balaban J connectivity index is 2.32. The average Bonchev–Trinajstić information content (AvgIpc) is 2.60. The van der Waals surface area contributed by atoms with E-state index in [1.54, 1.807) is 14.2 Å². The first-order valence-electron chi connectivity index (χ1n) is 8.93. The van der Waals surface area contributed by atoms with Gasteiger partial charge in [-0.1, -0.05) is 19.9 Å². The van der Waals surface area contributed by atoms with Crippen LogP contribution in [0, 0.1) is 5.92 Å². The van der Waals surface area contributed by atoms with Crippen LogP contribution in [0.25, 0.3) is 0 Å². The molecule has 6 heteroatoms. The molecule has 0 unspecified atom stereocenters. The van der Waals surface area contributed by atoms with E-state index in [2.05, 4.69) is 29.5 Å². The summed E-state index contributed by atoms with van der Waals surface area (Å²) in [5.74, 6) is 2.14. The van der Waals surface area contributed by atoms with E-state index >= 15 is 0 Å². The number of anilines is 1.